The number of carbonyl (C=O) groups is 1. The number of carbonyl (C=O) groups excluding carboxylic acids is 1. The van der Waals surface area contributed by atoms with E-state index < -0.39 is 0 Å². The maximum absolute atomic E-state index is 12.6. The zero-order valence-electron chi connectivity index (χ0n) is 13.1. The number of piperazine rings is 1. The van der Waals surface area contributed by atoms with Crippen molar-refractivity contribution in [3.63, 3.8) is 0 Å². The van der Waals surface area contributed by atoms with Crippen LogP contribution in [0.4, 0.5) is 0 Å². The van der Waals surface area contributed by atoms with Gasteiger partial charge in [0, 0.05) is 51.2 Å². The van der Waals surface area contributed by atoms with Crippen molar-refractivity contribution < 1.29 is 4.79 Å². The summed E-state index contributed by atoms with van der Waals surface area (Å²) < 4.78 is 1.62. The minimum atomic E-state index is -0.190. The van der Waals surface area contributed by atoms with E-state index in [1.54, 1.807) is 21.2 Å². The summed E-state index contributed by atoms with van der Waals surface area (Å²) in [4.78, 5) is 33.4. The van der Waals surface area contributed by atoms with E-state index in [-0.39, 0.29) is 17.0 Å². The van der Waals surface area contributed by atoms with Crippen LogP contribution >= 0.6 is 11.8 Å². The van der Waals surface area contributed by atoms with Crippen molar-refractivity contribution in [2.24, 2.45) is 5.92 Å². The van der Waals surface area contributed by atoms with E-state index in [0.717, 1.165) is 30.5 Å². The second kappa shape index (κ2) is 6.42. The fraction of sp³-hybridized carbons (Fsp3) is 0.667. The molecule has 7 heteroatoms. The molecular weight excluding hydrogens is 300 g/mol. The van der Waals surface area contributed by atoms with E-state index in [1.165, 1.54) is 6.20 Å². The highest BCUT2D eigenvalue weighted by atomic mass is 32.2. The monoisotopic (exact) mass is 322 g/mol. The summed E-state index contributed by atoms with van der Waals surface area (Å²) in [7, 11) is 0. The Morgan fingerprint density at radius 1 is 1.27 bits per heavy atom. The smallest absolute Gasteiger partial charge is 0.267 e. The molecule has 2 aliphatic heterocycles. The zero-order chi connectivity index (χ0) is 15.7. The zero-order valence-corrected chi connectivity index (χ0v) is 13.9. The van der Waals surface area contributed by atoms with Crippen LogP contribution in [-0.4, -0.2) is 63.7 Å². The molecule has 1 amide bonds. The highest BCUT2D eigenvalue weighted by Crippen LogP contribution is 2.20. The first-order valence-electron chi connectivity index (χ1n) is 7.80. The standard InChI is InChI=1S/C15H22N4O2S/c1-11(2)10-17-3-5-18(6-4-17)13(20)12-9-16-15-19(14(12)21)7-8-22-15/h9,11H,3-8,10H2,1-2H3. The van der Waals surface area contributed by atoms with Crippen molar-refractivity contribution in [2.45, 2.75) is 25.5 Å². The van der Waals surface area contributed by atoms with Gasteiger partial charge in [0.05, 0.1) is 0 Å². The van der Waals surface area contributed by atoms with Gasteiger partial charge in [0.25, 0.3) is 11.5 Å². The van der Waals surface area contributed by atoms with E-state index >= 15 is 0 Å². The van der Waals surface area contributed by atoms with Gasteiger partial charge in [-0.2, -0.15) is 0 Å². The van der Waals surface area contributed by atoms with Crippen LogP contribution in [0.15, 0.2) is 16.1 Å². The molecule has 3 heterocycles. The molecule has 1 aromatic rings. The van der Waals surface area contributed by atoms with Crippen molar-refractivity contribution in [2.75, 3.05) is 38.5 Å². The summed E-state index contributed by atoms with van der Waals surface area (Å²) >= 11 is 1.56. The van der Waals surface area contributed by atoms with Crippen LogP contribution in [0.2, 0.25) is 0 Å². The largest absolute Gasteiger partial charge is 0.336 e. The summed E-state index contributed by atoms with van der Waals surface area (Å²) in [5, 5.41) is 0.725. The van der Waals surface area contributed by atoms with E-state index in [9.17, 15) is 9.59 Å². The second-order valence-electron chi connectivity index (χ2n) is 6.25. The van der Waals surface area contributed by atoms with Gasteiger partial charge < -0.3 is 4.90 Å². The Hall–Kier alpha value is -1.34. The van der Waals surface area contributed by atoms with Crippen LogP contribution in [0.1, 0.15) is 24.2 Å². The number of fused-ring (bicyclic) bond motifs is 1. The average Bonchev–Trinajstić information content (AvgIpc) is 2.96. The molecule has 1 aromatic heterocycles. The Labute approximate surface area is 134 Å². The molecule has 0 atom stereocenters. The van der Waals surface area contributed by atoms with Gasteiger partial charge in [0.1, 0.15) is 5.56 Å². The van der Waals surface area contributed by atoms with Gasteiger partial charge in [-0.25, -0.2) is 4.98 Å². The molecule has 1 fully saturated rings. The third kappa shape index (κ3) is 3.05. The molecule has 0 aromatic carbocycles. The Morgan fingerprint density at radius 3 is 2.68 bits per heavy atom. The van der Waals surface area contributed by atoms with E-state index in [2.05, 4.69) is 23.7 Å². The summed E-state index contributed by atoms with van der Waals surface area (Å²) in [5.41, 5.74) is 0.0215. The number of aromatic nitrogens is 2. The van der Waals surface area contributed by atoms with Crippen LogP contribution < -0.4 is 5.56 Å². The minimum absolute atomic E-state index is 0.172. The lowest BCUT2D eigenvalue weighted by atomic mass is 10.2. The van der Waals surface area contributed by atoms with Gasteiger partial charge in [0.15, 0.2) is 5.16 Å². The van der Waals surface area contributed by atoms with Crippen LogP contribution in [0.25, 0.3) is 0 Å². The molecule has 120 valence electrons. The number of hydrogen-bond acceptors (Lipinski definition) is 5. The van der Waals surface area contributed by atoms with Gasteiger partial charge in [-0.3, -0.25) is 19.1 Å². The molecule has 0 N–H and O–H groups in total. The lowest BCUT2D eigenvalue weighted by Gasteiger charge is -2.35. The van der Waals surface area contributed by atoms with Gasteiger partial charge in [-0.15, -0.1) is 0 Å². The topological polar surface area (TPSA) is 58.4 Å². The third-order valence-electron chi connectivity index (χ3n) is 4.07. The average molecular weight is 322 g/mol. The predicted molar refractivity (Wildman–Crippen MR) is 86.4 cm³/mol. The summed E-state index contributed by atoms with van der Waals surface area (Å²) in [5.74, 6) is 1.31. The SMILES string of the molecule is CC(C)CN1CCN(C(=O)c2cnc3n(c2=O)CCS3)CC1. The maximum atomic E-state index is 12.6. The third-order valence-corrected chi connectivity index (χ3v) is 5.04. The Bertz CT molecular complexity index is 620. The molecule has 6 nitrogen and oxygen atoms in total. The van der Waals surface area contributed by atoms with Crippen molar-refractivity contribution in [1.29, 1.82) is 0 Å². The van der Waals surface area contributed by atoms with Crippen molar-refractivity contribution in [1.82, 2.24) is 19.4 Å². The molecule has 2 aliphatic rings. The molecular formula is C15H22N4O2S. The van der Waals surface area contributed by atoms with Gasteiger partial charge >= 0.3 is 0 Å². The van der Waals surface area contributed by atoms with Crippen molar-refractivity contribution >= 4 is 17.7 Å². The molecule has 3 rings (SSSR count). The first-order valence-corrected chi connectivity index (χ1v) is 8.79. The first-order chi connectivity index (χ1) is 10.6. The summed E-state index contributed by atoms with van der Waals surface area (Å²) in [6.07, 6.45) is 1.45. The minimum Gasteiger partial charge on any atom is -0.336 e. The molecule has 1 saturated heterocycles. The number of hydrogen-bond donors (Lipinski definition) is 0. The van der Waals surface area contributed by atoms with E-state index in [0.29, 0.717) is 25.6 Å². The maximum Gasteiger partial charge on any atom is 0.267 e. The molecule has 0 aliphatic carbocycles. The molecule has 0 saturated carbocycles. The number of amides is 1. The lowest BCUT2D eigenvalue weighted by Crippen LogP contribution is -2.50. The Kier molecular flexibility index (Phi) is 4.54. The molecule has 0 bridgehead atoms. The van der Waals surface area contributed by atoms with Crippen LogP contribution in [0.3, 0.4) is 0 Å². The number of thioether (sulfide) groups is 1. The Morgan fingerprint density at radius 2 is 2.00 bits per heavy atom. The summed E-state index contributed by atoms with van der Waals surface area (Å²) in [6.45, 7) is 9.22. The van der Waals surface area contributed by atoms with Crippen LogP contribution in [0.5, 0.6) is 0 Å². The molecule has 22 heavy (non-hydrogen) atoms. The van der Waals surface area contributed by atoms with Gasteiger partial charge in [-0.1, -0.05) is 25.6 Å². The fourth-order valence-electron chi connectivity index (χ4n) is 2.98. The molecule has 0 unspecified atom stereocenters. The second-order valence-corrected chi connectivity index (χ2v) is 7.31. The lowest BCUT2D eigenvalue weighted by molar-refractivity contribution is 0.0620. The van der Waals surface area contributed by atoms with Crippen LogP contribution in [-0.2, 0) is 6.54 Å². The molecule has 0 radical (unpaired) electrons. The Balaban J connectivity index is 1.70. The fourth-order valence-corrected chi connectivity index (χ4v) is 3.90. The van der Waals surface area contributed by atoms with E-state index in [1.807, 2.05) is 0 Å². The van der Waals surface area contributed by atoms with E-state index in [4.69, 9.17) is 0 Å². The van der Waals surface area contributed by atoms with Crippen molar-refractivity contribution in [3.05, 3.63) is 22.1 Å². The van der Waals surface area contributed by atoms with Crippen LogP contribution in [0, 0.1) is 5.92 Å². The summed E-state index contributed by atoms with van der Waals surface area (Å²) in [6, 6.07) is 0. The number of rotatable bonds is 3. The normalized spacial score (nSPS) is 18.8. The van der Waals surface area contributed by atoms with Crippen molar-refractivity contribution in [3.8, 4) is 0 Å². The first kappa shape index (κ1) is 15.6. The van der Waals surface area contributed by atoms with Gasteiger partial charge in [0.2, 0.25) is 0 Å². The predicted octanol–water partition coefficient (Wildman–Crippen LogP) is 0.763. The number of nitrogens with zero attached hydrogens (tertiary/aromatic N) is 4. The highest BCUT2D eigenvalue weighted by Gasteiger charge is 2.26. The quantitative estimate of drug-likeness (QED) is 0.769. The molecule has 0 spiro atoms. The highest BCUT2D eigenvalue weighted by molar-refractivity contribution is 7.99. The van der Waals surface area contributed by atoms with Gasteiger partial charge in [-0.05, 0) is 5.92 Å².